The number of benzene rings is 2. The summed E-state index contributed by atoms with van der Waals surface area (Å²) in [6.45, 7) is -1.76. The molecule has 2 atom stereocenters. The Hall–Kier alpha value is -2.89. The van der Waals surface area contributed by atoms with E-state index in [9.17, 15) is 38.9 Å². The first-order chi connectivity index (χ1) is 12.7. The summed E-state index contributed by atoms with van der Waals surface area (Å²) >= 11 is 0. The maximum Gasteiger partial charge on any atom is 0.269 e. The molecule has 0 amide bonds. The number of non-ortho nitro benzene ring substituents is 2. The van der Waals surface area contributed by atoms with Crippen LogP contribution in [0.3, 0.4) is 0 Å². The van der Waals surface area contributed by atoms with E-state index >= 15 is 0 Å². The molecule has 0 bridgehead atoms. The van der Waals surface area contributed by atoms with Crippen LogP contribution in [-0.4, -0.2) is 41.7 Å². The molecule has 2 aromatic carbocycles. The first-order valence-corrected chi connectivity index (χ1v) is 9.26. The van der Waals surface area contributed by atoms with E-state index in [2.05, 4.69) is 0 Å². The topological polar surface area (TPSA) is 161 Å². The van der Waals surface area contributed by atoms with Gasteiger partial charge in [0.25, 0.3) is 11.4 Å². The molecular weight excluding hydrogens is 380 g/mol. The molecule has 0 saturated heterocycles. The van der Waals surface area contributed by atoms with Gasteiger partial charge in [-0.05, 0) is 11.1 Å². The zero-order chi connectivity index (χ0) is 20.2. The van der Waals surface area contributed by atoms with Gasteiger partial charge >= 0.3 is 0 Å². The van der Waals surface area contributed by atoms with Crippen LogP contribution in [-0.2, 0) is 9.84 Å². The summed E-state index contributed by atoms with van der Waals surface area (Å²) in [5.41, 5.74) is -0.736. The molecule has 11 heteroatoms. The fourth-order valence-corrected chi connectivity index (χ4v) is 4.54. The number of nitro benzene ring substituents is 2. The van der Waals surface area contributed by atoms with Crippen molar-refractivity contribution in [2.24, 2.45) is 0 Å². The molecule has 0 spiro atoms. The van der Waals surface area contributed by atoms with Gasteiger partial charge in [-0.2, -0.15) is 0 Å². The van der Waals surface area contributed by atoms with E-state index in [4.69, 9.17) is 0 Å². The molecule has 144 valence electrons. The highest BCUT2D eigenvalue weighted by atomic mass is 32.2. The van der Waals surface area contributed by atoms with Crippen LogP contribution >= 0.6 is 0 Å². The molecule has 0 aromatic heterocycles. The Morgan fingerprint density at radius 2 is 1.19 bits per heavy atom. The lowest BCUT2D eigenvalue weighted by Gasteiger charge is -2.22. The summed E-state index contributed by atoms with van der Waals surface area (Å²) < 4.78 is 26.0. The van der Waals surface area contributed by atoms with Gasteiger partial charge in [-0.3, -0.25) is 20.2 Å². The highest BCUT2D eigenvalue weighted by molar-refractivity contribution is 7.92. The molecule has 10 nitrogen and oxygen atoms in total. The van der Waals surface area contributed by atoms with Crippen LogP contribution in [0, 0.1) is 20.2 Å². The van der Waals surface area contributed by atoms with Crippen LogP contribution in [0.15, 0.2) is 48.5 Å². The first-order valence-electron chi connectivity index (χ1n) is 7.65. The van der Waals surface area contributed by atoms with Crippen molar-refractivity contribution >= 4 is 21.2 Å². The summed E-state index contributed by atoms with van der Waals surface area (Å²) in [7, 11) is -4.30. The van der Waals surface area contributed by atoms with Crippen molar-refractivity contribution in [1.29, 1.82) is 0 Å². The van der Waals surface area contributed by atoms with E-state index in [1.807, 2.05) is 0 Å². The Bertz CT molecular complexity index is 889. The van der Waals surface area contributed by atoms with Crippen LogP contribution in [0.5, 0.6) is 0 Å². The molecule has 2 unspecified atom stereocenters. The monoisotopic (exact) mass is 396 g/mol. The predicted octanol–water partition coefficient (Wildman–Crippen LogP) is 1.68. The maximum atomic E-state index is 13.0. The number of hydrogen-bond donors (Lipinski definition) is 2. The van der Waals surface area contributed by atoms with Crippen molar-refractivity contribution in [3.63, 3.8) is 0 Å². The van der Waals surface area contributed by atoms with E-state index in [0.717, 1.165) is 12.1 Å². The Morgan fingerprint density at radius 3 is 1.48 bits per heavy atom. The SMILES string of the molecule is O=[N+]([O-])c1cccc(C(CO)S(=O)(=O)C(CO)c2cccc([N+](=O)[O-])c2)c1. The first kappa shape index (κ1) is 20.4. The van der Waals surface area contributed by atoms with Gasteiger partial charge < -0.3 is 10.2 Å². The van der Waals surface area contributed by atoms with Crippen molar-refractivity contribution in [2.45, 2.75) is 10.5 Å². The van der Waals surface area contributed by atoms with Crippen molar-refractivity contribution in [2.75, 3.05) is 13.2 Å². The molecule has 0 aliphatic rings. The summed E-state index contributed by atoms with van der Waals surface area (Å²) in [4.78, 5) is 20.4. The fourth-order valence-electron chi connectivity index (χ4n) is 2.67. The third-order valence-electron chi connectivity index (χ3n) is 4.03. The number of rotatable bonds is 8. The molecule has 2 rings (SSSR count). The van der Waals surface area contributed by atoms with Gasteiger partial charge in [-0.1, -0.05) is 24.3 Å². The molecule has 0 saturated carbocycles. The second-order valence-electron chi connectivity index (χ2n) is 5.64. The lowest BCUT2D eigenvalue weighted by molar-refractivity contribution is -0.385. The standard InChI is InChI=1S/C16H16N2O8S/c19-9-15(11-3-1-5-13(7-11)17(21)22)27(25,26)16(10-20)12-4-2-6-14(8-12)18(23)24/h1-8,15-16,19-20H,9-10H2. The van der Waals surface area contributed by atoms with Gasteiger partial charge in [-0.25, -0.2) is 8.42 Å². The van der Waals surface area contributed by atoms with E-state index in [0.29, 0.717) is 0 Å². The fraction of sp³-hybridized carbons (Fsp3) is 0.250. The summed E-state index contributed by atoms with van der Waals surface area (Å²) in [5.74, 6) is 0. The number of sulfone groups is 1. The van der Waals surface area contributed by atoms with E-state index in [-0.39, 0.29) is 22.5 Å². The van der Waals surface area contributed by atoms with Crippen LogP contribution < -0.4 is 0 Å². The van der Waals surface area contributed by atoms with Gasteiger partial charge in [0, 0.05) is 24.3 Å². The van der Waals surface area contributed by atoms with Crippen molar-refractivity contribution < 1.29 is 28.5 Å². The molecular formula is C16H16N2O8S. The predicted molar refractivity (Wildman–Crippen MR) is 94.8 cm³/mol. The molecule has 27 heavy (non-hydrogen) atoms. The Kier molecular flexibility index (Phi) is 6.20. The van der Waals surface area contributed by atoms with Crippen LogP contribution in [0.1, 0.15) is 21.6 Å². The number of hydrogen-bond acceptors (Lipinski definition) is 8. The average molecular weight is 396 g/mol. The second-order valence-corrected chi connectivity index (χ2v) is 7.95. The Labute approximate surface area is 153 Å². The minimum absolute atomic E-state index is 0.0180. The van der Waals surface area contributed by atoms with Crippen LogP contribution in [0.2, 0.25) is 0 Å². The molecule has 2 N–H and O–H groups in total. The Morgan fingerprint density at radius 1 is 0.815 bits per heavy atom. The maximum absolute atomic E-state index is 13.0. The number of nitro groups is 2. The van der Waals surface area contributed by atoms with E-state index < -0.39 is 43.4 Å². The highest BCUT2D eigenvalue weighted by Crippen LogP contribution is 2.35. The zero-order valence-corrected chi connectivity index (χ0v) is 14.7. The van der Waals surface area contributed by atoms with Gasteiger partial charge in [0.1, 0.15) is 10.5 Å². The molecule has 0 heterocycles. The largest absolute Gasteiger partial charge is 0.395 e. The van der Waals surface area contributed by atoms with Gasteiger partial charge in [-0.15, -0.1) is 0 Å². The third-order valence-corrected chi connectivity index (χ3v) is 6.46. The normalized spacial score (nSPS) is 13.7. The number of nitrogens with zero attached hydrogens (tertiary/aromatic N) is 2. The summed E-state index contributed by atoms with van der Waals surface area (Å²) in [6.07, 6.45) is 0. The minimum Gasteiger partial charge on any atom is -0.395 e. The van der Waals surface area contributed by atoms with Crippen LogP contribution in [0.4, 0.5) is 11.4 Å². The summed E-state index contributed by atoms with van der Waals surface area (Å²) in [5, 5.41) is 38.0. The van der Waals surface area contributed by atoms with E-state index in [1.54, 1.807) is 0 Å². The summed E-state index contributed by atoms with van der Waals surface area (Å²) in [6, 6.07) is 9.60. The molecule has 0 aliphatic heterocycles. The smallest absolute Gasteiger partial charge is 0.269 e. The minimum atomic E-state index is -4.30. The van der Waals surface area contributed by atoms with Crippen molar-refractivity contribution in [1.82, 2.24) is 0 Å². The molecule has 2 aromatic rings. The molecule has 0 radical (unpaired) electrons. The number of aliphatic hydroxyl groups is 2. The Balaban J connectivity index is 2.52. The van der Waals surface area contributed by atoms with Crippen LogP contribution in [0.25, 0.3) is 0 Å². The molecule has 0 aliphatic carbocycles. The highest BCUT2D eigenvalue weighted by Gasteiger charge is 2.36. The van der Waals surface area contributed by atoms with Gasteiger partial charge in [0.05, 0.1) is 23.1 Å². The van der Waals surface area contributed by atoms with E-state index in [1.165, 1.54) is 36.4 Å². The second kappa shape index (κ2) is 8.20. The number of aliphatic hydroxyl groups excluding tert-OH is 2. The third kappa shape index (κ3) is 4.27. The van der Waals surface area contributed by atoms with Crippen molar-refractivity contribution in [3.8, 4) is 0 Å². The van der Waals surface area contributed by atoms with Gasteiger partial charge in [0.15, 0.2) is 9.84 Å². The quantitative estimate of drug-likeness (QED) is 0.503. The zero-order valence-electron chi connectivity index (χ0n) is 13.8. The average Bonchev–Trinajstić information content (AvgIpc) is 2.63. The van der Waals surface area contributed by atoms with Crippen molar-refractivity contribution in [3.05, 3.63) is 79.9 Å². The lowest BCUT2D eigenvalue weighted by atomic mass is 10.1. The lowest BCUT2D eigenvalue weighted by Crippen LogP contribution is -2.26. The van der Waals surface area contributed by atoms with Gasteiger partial charge in [0.2, 0.25) is 0 Å². The molecule has 0 fully saturated rings.